The van der Waals surface area contributed by atoms with E-state index in [1.807, 2.05) is 18.2 Å². The smallest absolute Gasteiger partial charge is 0.227 e. The molecule has 0 bridgehead atoms. The first-order chi connectivity index (χ1) is 10.8. The molecule has 0 aliphatic carbocycles. The van der Waals surface area contributed by atoms with Crippen molar-refractivity contribution >= 4 is 5.91 Å². The van der Waals surface area contributed by atoms with Crippen LogP contribution in [0, 0.1) is 0 Å². The fourth-order valence-electron chi connectivity index (χ4n) is 2.45. The van der Waals surface area contributed by atoms with Crippen LogP contribution in [-0.2, 0) is 11.2 Å². The van der Waals surface area contributed by atoms with E-state index in [9.17, 15) is 4.79 Å². The summed E-state index contributed by atoms with van der Waals surface area (Å²) in [4.78, 5) is 20.4. The number of carbonyl (C=O) groups is 1. The van der Waals surface area contributed by atoms with Crippen molar-refractivity contribution < 1.29 is 9.32 Å². The van der Waals surface area contributed by atoms with Crippen LogP contribution >= 0.6 is 0 Å². The number of nitrogens with zero attached hydrogens (tertiary/aromatic N) is 3. The largest absolute Gasteiger partial charge is 0.352 e. The highest BCUT2D eigenvalue weighted by Gasteiger charge is 2.16. The fraction of sp³-hybridized carbons (Fsp3) is 0.467. The molecule has 0 spiro atoms. The van der Waals surface area contributed by atoms with E-state index >= 15 is 0 Å². The Kier molecular flexibility index (Phi) is 4.75. The first kappa shape index (κ1) is 14.6. The summed E-state index contributed by atoms with van der Waals surface area (Å²) in [5.74, 6) is 0.927. The molecule has 0 aromatic carbocycles. The number of rotatable bonds is 5. The van der Waals surface area contributed by atoms with E-state index in [-0.39, 0.29) is 11.9 Å². The van der Waals surface area contributed by atoms with Gasteiger partial charge in [0.1, 0.15) is 5.69 Å². The standard InChI is InChI=1S/C15H19N5O2/c21-13(18-11-4-3-8-16-10-11)6-7-14-19-15(20-22-14)12-5-1-2-9-17-12/h1-2,5,9,11,16H,3-4,6-8,10H2,(H,18,21). The van der Waals surface area contributed by atoms with E-state index < -0.39 is 0 Å². The van der Waals surface area contributed by atoms with Gasteiger partial charge >= 0.3 is 0 Å². The van der Waals surface area contributed by atoms with Crippen molar-refractivity contribution in [2.75, 3.05) is 13.1 Å². The number of piperidine rings is 1. The summed E-state index contributed by atoms with van der Waals surface area (Å²) >= 11 is 0. The van der Waals surface area contributed by atoms with Gasteiger partial charge in [-0.2, -0.15) is 4.98 Å². The van der Waals surface area contributed by atoms with Gasteiger partial charge in [-0.3, -0.25) is 9.78 Å². The minimum Gasteiger partial charge on any atom is -0.352 e. The predicted molar refractivity (Wildman–Crippen MR) is 79.9 cm³/mol. The molecule has 1 atom stereocenters. The van der Waals surface area contributed by atoms with Crippen molar-refractivity contribution in [3.05, 3.63) is 30.3 Å². The van der Waals surface area contributed by atoms with Gasteiger partial charge in [-0.25, -0.2) is 0 Å². The molecule has 1 fully saturated rings. The molecule has 116 valence electrons. The molecule has 7 heteroatoms. The highest BCUT2D eigenvalue weighted by Crippen LogP contribution is 2.12. The molecule has 2 aromatic heterocycles. The lowest BCUT2D eigenvalue weighted by molar-refractivity contribution is -0.121. The number of hydrogen-bond donors (Lipinski definition) is 2. The topological polar surface area (TPSA) is 92.9 Å². The van der Waals surface area contributed by atoms with Gasteiger partial charge in [0.25, 0.3) is 0 Å². The lowest BCUT2D eigenvalue weighted by Crippen LogP contribution is -2.45. The maximum Gasteiger partial charge on any atom is 0.227 e. The van der Waals surface area contributed by atoms with E-state index in [0.717, 1.165) is 25.9 Å². The zero-order valence-electron chi connectivity index (χ0n) is 12.3. The van der Waals surface area contributed by atoms with Crippen molar-refractivity contribution in [1.29, 1.82) is 0 Å². The Morgan fingerprint density at radius 3 is 3.18 bits per heavy atom. The maximum absolute atomic E-state index is 11.9. The second kappa shape index (κ2) is 7.13. The van der Waals surface area contributed by atoms with Crippen molar-refractivity contribution in [1.82, 2.24) is 25.8 Å². The highest BCUT2D eigenvalue weighted by molar-refractivity contribution is 5.76. The number of aromatic nitrogens is 3. The molecule has 0 radical (unpaired) electrons. The van der Waals surface area contributed by atoms with Crippen LogP contribution in [-0.4, -0.2) is 40.2 Å². The van der Waals surface area contributed by atoms with Gasteiger partial charge in [0.05, 0.1) is 0 Å². The summed E-state index contributed by atoms with van der Waals surface area (Å²) < 4.78 is 5.17. The summed E-state index contributed by atoms with van der Waals surface area (Å²) in [6.07, 6.45) is 4.59. The van der Waals surface area contributed by atoms with Crippen LogP contribution in [0.2, 0.25) is 0 Å². The lowest BCUT2D eigenvalue weighted by atomic mass is 10.1. The van der Waals surface area contributed by atoms with E-state index in [1.165, 1.54) is 0 Å². The number of carbonyl (C=O) groups excluding carboxylic acids is 1. The number of hydrogen-bond acceptors (Lipinski definition) is 6. The van der Waals surface area contributed by atoms with Crippen molar-refractivity contribution in [2.45, 2.75) is 31.7 Å². The van der Waals surface area contributed by atoms with Crippen LogP contribution in [0.1, 0.15) is 25.2 Å². The summed E-state index contributed by atoms with van der Waals surface area (Å²) in [7, 11) is 0. The van der Waals surface area contributed by atoms with Crippen LogP contribution in [0.4, 0.5) is 0 Å². The molecular formula is C15H19N5O2. The second-order valence-corrected chi connectivity index (χ2v) is 5.34. The van der Waals surface area contributed by atoms with Gasteiger partial charge in [-0.05, 0) is 31.5 Å². The zero-order valence-corrected chi connectivity index (χ0v) is 12.3. The number of nitrogens with one attached hydrogen (secondary N) is 2. The lowest BCUT2D eigenvalue weighted by Gasteiger charge is -2.23. The average Bonchev–Trinajstić information content (AvgIpc) is 3.04. The molecule has 0 saturated carbocycles. The average molecular weight is 301 g/mol. The zero-order chi connectivity index (χ0) is 15.2. The maximum atomic E-state index is 11.9. The summed E-state index contributed by atoms with van der Waals surface area (Å²) in [5.41, 5.74) is 0.662. The molecule has 1 saturated heterocycles. The second-order valence-electron chi connectivity index (χ2n) is 5.34. The Morgan fingerprint density at radius 1 is 1.45 bits per heavy atom. The molecule has 2 N–H and O–H groups in total. The van der Waals surface area contributed by atoms with Gasteiger partial charge in [0, 0.05) is 31.6 Å². The fourth-order valence-corrected chi connectivity index (χ4v) is 2.45. The third-order valence-corrected chi connectivity index (χ3v) is 3.59. The SMILES string of the molecule is O=C(CCc1nc(-c2ccccn2)no1)NC1CCCNC1. The van der Waals surface area contributed by atoms with E-state index in [4.69, 9.17) is 4.52 Å². The Morgan fingerprint density at radius 2 is 2.41 bits per heavy atom. The highest BCUT2D eigenvalue weighted by atomic mass is 16.5. The van der Waals surface area contributed by atoms with Gasteiger partial charge in [-0.15, -0.1) is 0 Å². The Labute approximate surface area is 128 Å². The molecule has 7 nitrogen and oxygen atoms in total. The Bertz CT molecular complexity index is 607. The van der Waals surface area contributed by atoms with Gasteiger partial charge in [0.2, 0.25) is 17.6 Å². The van der Waals surface area contributed by atoms with Crippen molar-refractivity contribution in [3.8, 4) is 11.5 Å². The molecule has 3 rings (SSSR count). The van der Waals surface area contributed by atoms with Crippen LogP contribution in [0.5, 0.6) is 0 Å². The summed E-state index contributed by atoms with van der Waals surface area (Å²) in [6.45, 7) is 1.88. The Balaban J connectivity index is 1.49. The molecule has 22 heavy (non-hydrogen) atoms. The van der Waals surface area contributed by atoms with Gasteiger partial charge < -0.3 is 15.2 Å². The third kappa shape index (κ3) is 3.88. The van der Waals surface area contributed by atoms with Crippen LogP contribution in [0.25, 0.3) is 11.5 Å². The van der Waals surface area contributed by atoms with Crippen molar-refractivity contribution in [2.24, 2.45) is 0 Å². The molecule has 3 heterocycles. The molecular weight excluding hydrogens is 282 g/mol. The molecule has 2 aromatic rings. The monoisotopic (exact) mass is 301 g/mol. The van der Waals surface area contributed by atoms with Crippen LogP contribution in [0.15, 0.2) is 28.9 Å². The van der Waals surface area contributed by atoms with Gasteiger partial charge in [-0.1, -0.05) is 11.2 Å². The van der Waals surface area contributed by atoms with Crippen molar-refractivity contribution in [3.63, 3.8) is 0 Å². The molecule has 1 amide bonds. The number of pyridine rings is 1. The summed E-state index contributed by atoms with van der Waals surface area (Å²) in [5, 5.41) is 10.2. The predicted octanol–water partition coefficient (Wildman–Crippen LogP) is 0.932. The number of amides is 1. The Hall–Kier alpha value is -2.28. The molecule has 1 aliphatic rings. The van der Waals surface area contributed by atoms with E-state index in [2.05, 4.69) is 25.8 Å². The molecule has 1 aliphatic heterocycles. The normalized spacial score (nSPS) is 18.1. The van der Waals surface area contributed by atoms with E-state index in [1.54, 1.807) is 6.20 Å². The van der Waals surface area contributed by atoms with Gasteiger partial charge in [0.15, 0.2) is 0 Å². The quantitative estimate of drug-likeness (QED) is 0.853. The minimum atomic E-state index is 0.0197. The minimum absolute atomic E-state index is 0.0197. The summed E-state index contributed by atoms with van der Waals surface area (Å²) in [6, 6.07) is 5.74. The van der Waals surface area contributed by atoms with Crippen LogP contribution in [0.3, 0.4) is 0 Å². The van der Waals surface area contributed by atoms with E-state index in [0.29, 0.717) is 30.3 Å². The van der Waals surface area contributed by atoms with Crippen LogP contribution < -0.4 is 10.6 Å². The first-order valence-electron chi connectivity index (χ1n) is 7.55. The molecule has 1 unspecified atom stereocenters. The number of aryl methyl sites for hydroxylation is 1. The first-order valence-corrected chi connectivity index (χ1v) is 7.55. The third-order valence-electron chi connectivity index (χ3n) is 3.59.